The van der Waals surface area contributed by atoms with Gasteiger partial charge in [-0.15, -0.1) is 11.3 Å². The van der Waals surface area contributed by atoms with Crippen LogP contribution >= 0.6 is 27.3 Å². The summed E-state index contributed by atoms with van der Waals surface area (Å²) in [6.07, 6.45) is 5.20. The molecule has 3 heterocycles. The van der Waals surface area contributed by atoms with Gasteiger partial charge < -0.3 is 19.7 Å². The van der Waals surface area contributed by atoms with Gasteiger partial charge in [0.25, 0.3) is 5.91 Å². The molecular formula is C22H22BrN5O4S. The minimum Gasteiger partial charge on any atom is -0.469 e. The number of rotatable bonds is 7. The average Bonchev–Trinajstić information content (AvgIpc) is 3.32. The summed E-state index contributed by atoms with van der Waals surface area (Å²) >= 11 is 4.88. The molecule has 0 aliphatic carbocycles. The second-order valence-electron chi connectivity index (χ2n) is 7.37. The molecule has 0 bridgehead atoms. The summed E-state index contributed by atoms with van der Waals surface area (Å²) < 4.78 is 11.2. The van der Waals surface area contributed by atoms with Gasteiger partial charge in [0.1, 0.15) is 11.8 Å². The van der Waals surface area contributed by atoms with Gasteiger partial charge in [0.05, 0.1) is 19.2 Å². The lowest BCUT2D eigenvalue weighted by molar-refractivity contribution is -0.139. The van der Waals surface area contributed by atoms with Crippen LogP contribution in [-0.2, 0) is 16.0 Å². The standard InChI is InChI=1S/C22H22BrN5O4S/c1-31-19(29)12-14-3-4-17(16(23)11-14)26-20(30)18-13-33-22(27-18)28-9-5-15(6-10-28)32-21-24-7-2-8-25-21/h2-4,7-8,11,13,15H,5-6,9-10,12H2,1H3,(H,26,30). The molecule has 1 amide bonds. The number of benzene rings is 1. The van der Waals surface area contributed by atoms with Crippen LogP contribution in [0, 0.1) is 0 Å². The largest absolute Gasteiger partial charge is 0.469 e. The molecule has 0 spiro atoms. The van der Waals surface area contributed by atoms with Crippen LogP contribution in [0.3, 0.4) is 0 Å². The van der Waals surface area contributed by atoms with Gasteiger partial charge in [-0.1, -0.05) is 6.07 Å². The zero-order valence-electron chi connectivity index (χ0n) is 17.9. The maximum absolute atomic E-state index is 12.7. The summed E-state index contributed by atoms with van der Waals surface area (Å²) in [5.74, 6) is -0.615. The van der Waals surface area contributed by atoms with Crippen molar-refractivity contribution < 1.29 is 19.1 Å². The molecule has 2 aromatic heterocycles. The third-order valence-electron chi connectivity index (χ3n) is 5.11. The minimum atomic E-state index is -0.322. The number of hydrogen-bond acceptors (Lipinski definition) is 9. The van der Waals surface area contributed by atoms with E-state index in [1.54, 1.807) is 42.0 Å². The molecular weight excluding hydrogens is 510 g/mol. The van der Waals surface area contributed by atoms with Crippen molar-refractivity contribution in [3.8, 4) is 6.01 Å². The molecule has 1 fully saturated rings. The van der Waals surface area contributed by atoms with E-state index in [-0.39, 0.29) is 24.4 Å². The molecule has 11 heteroatoms. The molecule has 172 valence electrons. The number of hydrogen-bond donors (Lipinski definition) is 1. The van der Waals surface area contributed by atoms with Crippen LogP contribution in [0.15, 0.2) is 46.5 Å². The Morgan fingerprint density at radius 3 is 2.70 bits per heavy atom. The number of halogens is 1. The number of aromatic nitrogens is 3. The smallest absolute Gasteiger partial charge is 0.316 e. The fraction of sp³-hybridized carbons (Fsp3) is 0.318. The van der Waals surface area contributed by atoms with Gasteiger partial charge in [-0.05, 0) is 39.7 Å². The number of carbonyl (C=O) groups excluding carboxylic acids is 2. The van der Waals surface area contributed by atoms with Gasteiger partial charge in [0.15, 0.2) is 5.13 Å². The molecule has 1 aliphatic rings. The van der Waals surface area contributed by atoms with E-state index < -0.39 is 0 Å². The Bertz CT molecular complexity index is 1120. The summed E-state index contributed by atoms with van der Waals surface area (Å²) in [5, 5.41) is 5.42. The SMILES string of the molecule is COC(=O)Cc1ccc(NC(=O)c2csc(N3CCC(Oc4ncccn4)CC3)n2)c(Br)c1. The first-order valence-electron chi connectivity index (χ1n) is 10.3. The number of esters is 1. The number of anilines is 2. The number of nitrogens with zero attached hydrogens (tertiary/aromatic N) is 4. The first-order chi connectivity index (χ1) is 16.0. The van der Waals surface area contributed by atoms with Crippen molar-refractivity contribution in [2.45, 2.75) is 25.4 Å². The summed E-state index contributed by atoms with van der Waals surface area (Å²) in [7, 11) is 1.35. The number of ether oxygens (including phenoxy) is 2. The molecule has 0 saturated carbocycles. The van der Waals surface area contributed by atoms with Gasteiger partial charge in [-0.2, -0.15) is 0 Å². The summed E-state index contributed by atoms with van der Waals surface area (Å²) in [6, 6.07) is 7.45. The second kappa shape index (κ2) is 10.7. The zero-order chi connectivity index (χ0) is 23.2. The van der Waals surface area contributed by atoms with Crippen molar-refractivity contribution in [1.29, 1.82) is 0 Å². The summed E-state index contributed by atoms with van der Waals surface area (Å²) in [6.45, 7) is 1.55. The van der Waals surface area contributed by atoms with Crippen LogP contribution in [0.4, 0.5) is 10.8 Å². The summed E-state index contributed by atoms with van der Waals surface area (Å²) in [4.78, 5) is 39.1. The minimum absolute atomic E-state index is 0.0610. The highest BCUT2D eigenvalue weighted by Gasteiger charge is 2.24. The molecule has 1 saturated heterocycles. The number of amides is 1. The number of methoxy groups -OCH3 is 1. The lowest BCUT2D eigenvalue weighted by atomic mass is 10.1. The maximum Gasteiger partial charge on any atom is 0.316 e. The van der Waals surface area contributed by atoms with E-state index in [0.29, 0.717) is 21.9 Å². The molecule has 0 radical (unpaired) electrons. The van der Waals surface area contributed by atoms with E-state index in [1.807, 2.05) is 0 Å². The monoisotopic (exact) mass is 531 g/mol. The van der Waals surface area contributed by atoms with Crippen LogP contribution in [0.25, 0.3) is 0 Å². The molecule has 1 N–H and O–H groups in total. The molecule has 1 aromatic carbocycles. The number of nitrogens with one attached hydrogen (secondary N) is 1. The van der Waals surface area contributed by atoms with Crippen molar-refractivity contribution in [2.75, 3.05) is 30.4 Å². The maximum atomic E-state index is 12.7. The third kappa shape index (κ3) is 6.05. The van der Waals surface area contributed by atoms with E-state index in [9.17, 15) is 9.59 Å². The molecule has 0 atom stereocenters. The molecule has 4 rings (SSSR count). The second-order valence-corrected chi connectivity index (χ2v) is 9.06. The van der Waals surface area contributed by atoms with Gasteiger partial charge in [0.2, 0.25) is 0 Å². The topological polar surface area (TPSA) is 107 Å². The number of piperidine rings is 1. The number of carbonyl (C=O) groups is 2. The van der Waals surface area contributed by atoms with Crippen LogP contribution < -0.4 is 15.0 Å². The lowest BCUT2D eigenvalue weighted by Gasteiger charge is -2.31. The molecule has 1 aliphatic heterocycles. The Morgan fingerprint density at radius 1 is 1.24 bits per heavy atom. The first-order valence-corrected chi connectivity index (χ1v) is 12.0. The quantitative estimate of drug-likeness (QED) is 0.459. The van der Waals surface area contributed by atoms with Crippen molar-refractivity contribution in [2.24, 2.45) is 0 Å². The predicted molar refractivity (Wildman–Crippen MR) is 128 cm³/mol. The van der Waals surface area contributed by atoms with Crippen LogP contribution in [-0.4, -0.2) is 53.1 Å². The third-order valence-corrected chi connectivity index (χ3v) is 6.67. The van der Waals surface area contributed by atoms with E-state index in [0.717, 1.165) is 36.6 Å². The molecule has 33 heavy (non-hydrogen) atoms. The Hall–Kier alpha value is -3.05. The average molecular weight is 532 g/mol. The highest BCUT2D eigenvalue weighted by molar-refractivity contribution is 9.10. The lowest BCUT2D eigenvalue weighted by Crippen LogP contribution is -2.38. The Balaban J connectivity index is 1.32. The van der Waals surface area contributed by atoms with Crippen molar-refractivity contribution >= 4 is 50.0 Å². The van der Waals surface area contributed by atoms with E-state index in [1.165, 1.54) is 18.4 Å². The van der Waals surface area contributed by atoms with Crippen molar-refractivity contribution in [3.05, 3.63) is 57.8 Å². The van der Waals surface area contributed by atoms with Crippen molar-refractivity contribution in [3.63, 3.8) is 0 Å². The molecule has 0 unspecified atom stereocenters. The zero-order valence-corrected chi connectivity index (χ0v) is 20.3. The van der Waals surface area contributed by atoms with E-state index in [2.05, 4.69) is 45.8 Å². The van der Waals surface area contributed by atoms with Gasteiger partial charge in [-0.25, -0.2) is 15.0 Å². The van der Waals surface area contributed by atoms with Gasteiger partial charge >= 0.3 is 12.0 Å². The van der Waals surface area contributed by atoms with E-state index >= 15 is 0 Å². The van der Waals surface area contributed by atoms with Gasteiger partial charge in [-0.3, -0.25) is 9.59 Å². The van der Waals surface area contributed by atoms with Gasteiger partial charge in [0, 0.05) is 48.2 Å². The number of thiazole rings is 1. The Morgan fingerprint density at radius 2 is 2.00 bits per heavy atom. The van der Waals surface area contributed by atoms with Crippen LogP contribution in [0.5, 0.6) is 6.01 Å². The fourth-order valence-corrected chi connectivity index (χ4v) is 4.75. The fourth-order valence-electron chi connectivity index (χ4n) is 3.37. The Labute approximate surface area is 203 Å². The first kappa shape index (κ1) is 23.1. The summed E-state index contributed by atoms with van der Waals surface area (Å²) in [5.41, 5.74) is 1.75. The van der Waals surface area contributed by atoms with Crippen LogP contribution in [0.1, 0.15) is 28.9 Å². The van der Waals surface area contributed by atoms with E-state index in [4.69, 9.17) is 4.74 Å². The predicted octanol–water partition coefficient (Wildman–Crippen LogP) is 3.71. The molecule has 3 aromatic rings. The van der Waals surface area contributed by atoms with Crippen molar-refractivity contribution in [1.82, 2.24) is 15.0 Å². The normalized spacial score (nSPS) is 14.1. The highest BCUT2D eigenvalue weighted by atomic mass is 79.9. The highest BCUT2D eigenvalue weighted by Crippen LogP contribution is 2.28. The Kier molecular flexibility index (Phi) is 7.50. The molecule has 9 nitrogen and oxygen atoms in total. The van der Waals surface area contributed by atoms with Crippen LogP contribution in [0.2, 0.25) is 0 Å².